The second-order valence-electron chi connectivity index (χ2n) is 12.7. The smallest absolute Gasteiger partial charge is 0.186 e. The van der Waals surface area contributed by atoms with Gasteiger partial charge in [0.2, 0.25) is 0 Å². The van der Waals surface area contributed by atoms with Gasteiger partial charge in [-0.1, -0.05) is 133 Å². The molecule has 0 bridgehead atoms. The van der Waals surface area contributed by atoms with Gasteiger partial charge in [-0.3, -0.25) is 0 Å². The van der Waals surface area contributed by atoms with Crippen LogP contribution in [0.15, 0.2) is 146 Å². The molecule has 8 nitrogen and oxygen atoms in total. The Morgan fingerprint density at radius 3 is 1.42 bits per heavy atom. The number of methoxy groups -OCH3 is 2. The third-order valence-corrected chi connectivity index (χ3v) is 9.00. The number of benzene rings is 5. The Labute approximate surface area is 307 Å². The SMILES string of the molecule is COc1ccc(CO[C@@H]2[C@@H](OC)O[C@H]([C@@H](COCc3ccccc3)OCc3ccccc3)[C@@H](OCc3ccccc3)[C@@H]2OCc2ccccc2)cc1. The highest BCUT2D eigenvalue weighted by Crippen LogP contribution is 2.34. The third-order valence-electron chi connectivity index (χ3n) is 9.00. The standard InChI is InChI=1S/C44H48O8/c1-45-38-25-23-37(24-26-38)31-51-43-42(50-30-36-21-13-6-14-22-36)41(49-29-35-19-11-5-12-20-35)40(52-44(43)46-2)39(48-28-34-17-9-4-10-18-34)32-47-27-33-15-7-3-8-16-33/h3-26,39-44H,27-32H2,1-2H3/t39-,40-,41-,42+,43+,44+/m1/s1. The first kappa shape index (κ1) is 37.4. The average Bonchev–Trinajstić information content (AvgIpc) is 3.21. The van der Waals surface area contributed by atoms with Crippen molar-refractivity contribution in [2.45, 2.75) is 69.8 Å². The van der Waals surface area contributed by atoms with Crippen LogP contribution in [-0.4, -0.2) is 57.6 Å². The van der Waals surface area contributed by atoms with E-state index in [2.05, 4.69) is 0 Å². The molecule has 0 amide bonds. The van der Waals surface area contributed by atoms with E-state index < -0.39 is 36.8 Å². The van der Waals surface area contributed by atoms with E-state index in [1.807, 2.05) is 146 Å². The van der Waals surface area contributed by atoms with Crippen molar-refractivity contribution in [1.82, 2.24) is 0 Å². The lowest BCUT2D eigenvalue weighted by Gasteiger charge is -2.47. The van der Waals surface area contributed by atoms with Gasteiger partial charge in [-0.2, -0.15) is 0 Å². The van der Waals surface area contributed by atoms with Crippen molar-refractivity contribution < 1.29 is 37.9 Å². The Morgan fingerprint density at radius 1 is 0.481 bits per heavy atom. The van der Waals surface area contributed by atoms with Gasteiger partial charge in [-0.15, -0.1) is 0 Å². The van der Waals surface area contributed by atoms with Crippen molar-refractivity contribution in [1.29, 1.82) is 0 Å². The normalized spacial score (nSPS) is 20.7. The van der Waals surface area contributed by atoms with Crippen LogP contribution in [0.4, 0.5) is 0 Å². The molecule has 5 aromatic rings. The van der Waals surface area contributed by atoms with Gasteiger partial charge in [-0.05, 0) is 39.9 Å². The summed E-state index contributed by atoms with van der Waals surface area (Å²) in [6, 6.07) is 48.1. The zero-order valence-electron chi connectivity index (χ0n) is 29.8. The van der Waals surface area contributed by atoms with Gasteiger partial charge in [0.25, 0.3) is 0 Å². The van der Waals surface area contributed by atoms with Gasteiger partial charge < -0.3 is 37.9 Å². The summed E-state index contributed by atoms with van der Waals surface area (Å²) in [6.45, 7) is 1.99. The lowest BCUT2D eigenvalue weighted by atomic mass is 9.94. The Balaban J connectivity index is 1.32. The topological polar surface area (TPSA) is 73.8 Å². The highest BCUT2D eigenvalue weighted by Gasteiger charge is 2.51. The summed E-state index contributed by atoms with van der Waals surface area (Å²) in [5.41, 5.74) is 5.12. The van der Waals surface area contributed by atoms with Crippen molar-refractivity contribution in [2.75, 3.05) is 20.8 Å². The molecular weight excluding hydrogens is 656 g/mol. The summed E-state index contributed by atoms with van der Waals surface area (Å²) in [6.07, 6.45) is -3.87. The quantitative estimate of drug-likeness (QED) is 0.0859. The molecule has 272 valence electrons. The van der Waals surface area contributed by atoms with Crippen molar-refractivity contribution in [3.05, 3.63) is 173 Å². The van der Waals surface area contributed by atoms with Gasteiger partial charge in [0.05, 0.1) is 46.8 Å². The van der Waals surface area contributed by atoms with Gasteiger partial charge in [0, 0.05) is 7.11 Å². The predicted octanol–water partition coefficient (Wildman–Crippen LogP) is 7.92. The molecule has 1 heterocycles. The van der Waals surface area contributed by atoms with Crippen LogP contribution >= 0.6 is 0 Å². The number of hydrogen-bond acceptors (Lipinski definition) is 8. The maximum atomic E-state index is 6.85. The molecule has 8 heteroatoms. The minimum Gasteiger partial charge on any atom is -0.497 e. The van der Waals surface area contributed by atoms with E-state index in [1.165, 1.54) is 0 Å². The molecule has 5 aromatic carbocycles. The van der Waals surface area contributed by atoms with Crippen molar-refractivity contribution >= 4 is 0 Å². The van der Waals surface area contributed by atoms with E-state index in [0.717, 1.165) is 33.6 Å². The highest BCUT2D eigenvalue weighted by molar-refractivity contribution is 5.27. The van der Waals surface area contributed by atoms with Gasteiger partial charge in [0.15, 0.2) is 6.29 Å². The average molecular weight is 705 g/mol. The molecule has 0 radical (unpaired) electrons. The van der Waals surface area contributed by atoms with Gasteiger partial charge in [-0.25, -0.2) is 0 Å². The second-order valence-corrected chi connectivity index (χ2v) is 12.7. The Morgan fingerprint density at radius 2 is 0.923 bits per heavy atom. The fraction of sp³-hybridized carbons (Fsp3) is 0.318. The molecule has 1 aliphatic rings. The van der Waals surface area contributed by atoms with Crippen LogP contribution in [0.5, 0.6) is 5.75 Å². The molecular formula is C44H48O8. The summed E-state index contributed by atoms with van der Waals surface area (Å²) in [5.74, 6) is 0.775. The van der Waals surface area contributed by atoms with Crippen LogP contribution in [0.2, 0.25) is 0 Å². The molecule has 0 spiro atoms. The second kappa shape index (κ2) is 20.0. The third kappa shape index (κ3) is 10.8. The first-order chi connectivity index (χ1) is 25.7. The predicted molar refractivity (Wildman–Crippen MR) is 198 cm³/mol. The molecule has 1 aliphatic heterocycles. The zero-order valence-corrected chi connectivity index (χ0v) is 29.8. The Bertz CT molecular complexity index is 1690. The Kier molecular flexibility index (Phi) is 14.4. The Hall–Kier alpha value is -4.38. The summed E-state index contributed by atoms with van der Waals surface area (Å²) in [5, 5.41) is 0. The van der Waals surface area contributed by atoms with Crippen LogP contribution in [0.1, 0.15) is 27.8 Å². The van der Waals surface area contributed by atoms with Crippen molar-refractivity contribution in [2.24, 2.45) is 0 Å². The molecule has 52 heavy (non-hydrogen) atoms. The number of rotatable bonds is 19. The van der Waals surface area contributed by atoms with Crippen LogP contribution in [0.25, 0.3) is 0 Å². The first-order valence-corrected chi connectivity index (χ1v) is 17.7. The lowest BCUT2D eigenvalue weighted by molar-refractivity contribution is -0.334. The summed E-state index contributed by atoms with van der Waals surface area (Å²) < 4.78 is 51.6. The van der Waals surface area contributed by atoms with E-state index in [1.54, 1.807) is 14.2 Å². The number of hydrogen-bond donors (Lipinski definition) is 0. The maximum Gasteiger partial charge on any atom is 0.186 e. The fourth-order valence-corrected chi connectivity index (χ4v) is 6.21. The molecule has 0 unspecified atom stereocenters. The lowest BCUT2D eigenvalue weighted by Crippen LogP contribution is -2.64. The molecule has 0 saturated carbocycles. The molecule has 1 fully saturated rings. The largest absolute Gasteiger partial charge is 0.497 e. The van der Waals surface area contributed by atoms with Crippen LogP contribution in [0, 0.1) is 0 Å². The maximum absolute atomic E-state index is 6.85. The molecule has 6 rings (SSSR count). The van der Waals surface area contributed by atoms with Crippen LogP contribution in [0.3, 0.4) is 0 Å². The molecule has 0 aromatic heterocycles. The van der Waals surface area contributed by atoms with Gasteiger partial charge >= 0.3 is 0 Å². The minimum absolute atomic E-state index is 0.247. The van der Waals surface area contributed by atoms with Gasteiger partial charge in [0.1, 0.15) is 36.3 Å². The zero-order chi connectivity index (χ0) is 35.8. The van der Waals surface area contributed by atoms with E-state index in [0.29, 0.717) is 33.0 Å². The van der Waals surface area contributed by atoms with E-state index >= 15 is 0 Å². The highest BCUT2D eigenvalue weighted by atomic mass is 16.7. The molecule has 1 saturated heterocycles. The summed E-state index contributed by atoms with van der Waals surface area (Å²) >= 11 is 0. The van der Waals surface area contributed by atoms with Crippen LogP contribution < -0.4 is 4.74 Å². The fourth-order valence-electron chi connectivity index (χ4n) is 6.21. The van der Waals surface area contributed by atoms with E-state index in [-0.39, 0.29) is 6.61 Å². The summed E-state index contributed by atoms with van der Waals surface area (Å²) in [7, 11) is 3.27. The van der Waals surface area contributed by atoms with E-state index in [4.69, 9.17) is 37.9 Å². The summed E-state index contributed by atoms with van der Waals surface area (Å²) in [4.78, 5) is 0. The van der Waals surface area contributed by atoms with E-state index in [9.17, 15) is 0 Å². The number of ether oxygens (including phenoxy) is 8. The van der Waals surface area contributed by atoms with Crippen molar-refractivity contribution in [3.63, 3.8) is 0 Å². The minimum atomic E-state index is -0.794. The van der Waals surface area contributed by atoms with Crippen LogP contribution in [-0.2, 0) is 66.2 Å². The monoisotopic (exact) mass is 704 g/mol. The van der Waals surface area contributed by atoms with Crippen molar-refractivity contribution in [3.8, 4) is 5.75 Å². The molecule has 0 aliphatic carbocycles. The molecule has 0 N–H and O–H groups in total. The first-order valence-electron chi connectivity index (χ1n) is 17.7. The molecule has 6 atom stereocenters.